The van der Waals surface area contributed by atoms with E-state index in [9.17, 15) is 9.90 Å². The van der Waals surface area contributed by atoms with Crippen LogP contribution in [0.5, 0.6) is 28.7 Å². The topological polar surface area (TPSA) is 83.5 Å². The smallest absolute Gasteiger partial charge is 0.203 e. The molecular formula is C27H30O7. The Hall–Kier alpha value is -3.71. The minimum atomic E-state index is -0.515. The highest BCUT2D eigenvalue weighted by atomic mass is 16.5. The average molecular weight is 467 g/mol. The summed E-state index contributed by atoms with van der Waals surface area (Å²) in [6, 6.07) is 6.67. The van der Waals surface area contributed by atoms with E-state index in [0.29, 0.717) is 52.0 Å². The van der Waals surface area contributed by atoms with Crippen LogP contribution in [0.15, 0.2) is 55.7 Å². The summed E-state index contributed by atoms with van der Waals surface area (Å²) in [5.41, 5.74) is 0.883. The molecule has 0 bridgehead atoms. The van der Waals surface area contributed by atoms with E-state index in [1.807, 2.05) is 26.0 Å². The van der Waals surface area contributed by atoms with E-state index < -0.39 is 5.60 Å². The zero-order chi connectivity index (χ0) is 24.7. The molecule has 1 aliphatic rings. The Morgan fingerprint density at radius 3 is 2.50 bits per heavy atom. The number of benzene rings is 2. The molecule has 0 radical (unpaired) electrons. The monoisotopic (exact) mass is 466 g/mol. The Morgan fingerprint density at radius 2 is 1.82 bits per heavy atom. The van der Waals surface area contributed by atoms with Crippen molar-refractivity contribution in [1.29, 1.82) is 0 Å². The number of rotatable bonds is 12. The van der Waals surface area contributed by atoms with Crippen LogP contribution in [0.4, 0.5) is 0 Å². The summed E-state index contributed by atoms with van der Waals surface area (Å²) in [7, 11) is 1.50. The first-order valence-corrected chi connectivity index (χ1v) is 10.8. The SMILES string of the molecule is C=CCOc1ccc(C(=O)COc2c3c(cc(OC)c2CO)OC(C)(C)C=C3)c(OCC=C)c1. The van der Waals surface area contributed by atoms with Gasteiger partial charge in [-0.1, -0.05) is 25.3 Å². The third-order valence-electron chi connectivity index (χ3n) is 5.07. The first-order chi connectivity index (χ1) is 16.3. The van der Waals surface area contributed by atoms with Crippen LogP contribution >= 0.6 is 0 Å². The van der Waals surface area contributed by atoms with Gasteiger partial charge in [0, 0.05) is 12.1 Å². The van der Waals surface area contributed by atoms with Crippen molar-refractivity contribution in [3.8, 4) is 28.7 Å². The average Bonchev–Trinajstić information content (AvgIpc) is 2.83. The van der Waals surface area contributed by atoms with Crippen molar-refractivity contribution in [1.82, 2.24) is 0 Å². The molecule has 1 aliphatic heterocycles. The van der Waals surface area contributed by atoms with Gasteiger partial charge in [0.15, 0.2) is 6.61 Å². The van der Waals surface area contributed by atoms with Crippen molar-refractivity contribution < 1.29 is 33.6 Å². The minimum absolute atomic E-state index is 0.224. The van der Waals surface area contributed by atoms with Crippen molar-refractivity contribution in [2.45, 2.75) is 26.1 Å². The number of carbonyl (C=O) groups is 1. The van der Waals surface area contributed by atoms with E-state index in [-0.39, 0.29) is 25.6 Å². The molecule has 0 saturated carbocycles. The molecule has 0 atom stereocenters. The van der Waals surface area contributed by atoms with Gasteiger partial charge in [-0.25, -0.2) is 0 Å². The molecule has 0 aromatic heterocycles. The fourth-order valence-corrected chi connectivity index (χ4v) is 3.47. The van der Waals surface area contributed by atoms with Crippen LogP contribution < -0.4 is 23.7 Å². The standard InChI is InChI=1S/C27H30O7/c1-6-12-31-18-8-9-19(24(14-18)32-13-7-2)22(29)17-33-26-20-10-11-27(3,4)34-25(20)15-23(30-5)21(26)16-28/h6-11,14-15,28H,1-2,12-13,16-17H2,3-5H3. The van der Waals surface area contributed by atoms with Crippen molar-refractivity contribution >= 4 is 11.9 Å². The summed E-state index contributed by atoms with van der Waals surface area (Å²) < 4.78 is 28.7. The number of Topliss-reactive ketones (excluding diaryl/α,β-unsaturated/α-hetero) is 1. The number of ketones is 1. The molecule has 0 spiro atoms. The Kier molecular flexibility index (Phi) is 8.02. The van der Waals surface area contributed by atoms with Gasteiger partial charge in [0.25, 0.3) is 0 Å². The molecule has 3 rings (SSSR count). The maximum atomic E-state index is 13.1. The van der Waals surface area contributed by atoms with Gasteiger partial charge in [-0.15, -0.1) is 0 Å². The molecular weight excluding hydrogens is 436 g/mol. The molecule has 0 fully saturated rings. The summed E-state index contributed by atoms with van der Waals surface area (Å²) in [4.78, 5) is 13.1. The summed E-state index contributed by atoms with van der Waals surface area (Å²) >= 11 is 0. The van der Waals surface area contributed by atoms with Gasteiger partial charge >= 0.3 is 0 Å². The number of hydrogen-bond acceptors (Lipinski definition) is 7. The number of ether oxygens (including phenoxy) is 5. The largest absolute Gasteiger partial charge is 0.496 e. The van der Waals surface area contributed by atoms with Crippen molar-refractivity contribution in [3.63, 3.8) is 0 Å². The number of fused-ring (bicyclic) bond motifs is 1. The molecule has 2 aromatic carbocycles. The molecule has 7 heteroatoms. The van der Waals surface area contributed by atoms with Crippen LogP contribution in [0.3, 0.4) is 0 Å². The molecule has 1 heterocycles. The second-order valence-electron chi connectivity index (χ2n) is 8.06. The van der Waals surface area contributed by atoms with Crippen molar-refractivity contribution in [2.75, 3.05) is 26.9 Å². The normalized spacial score (nSPS) is 13.3. The van der Waals surface area contributed by atoms with Gasteiger partial charge in [0.1, 0.15) is 47.6 Å². The molecule has 34 heavy (non-hydrogen) atoms. The fraction of sp³-hybridized carbons (Fsp3) is 0.296. The van der Waals surface area contributed by atoms with E-state index in [2.05, 4.69) is 13.2 Å². The van der Waals surface area contributed by atoms with Gasteiger partial charge < -0.3 is 28.8 Å². The van der Waals surface area contributed by atoms with Crippen LogP contribution in [0.1, 0.15) is 35.3 Å². The van der Waals surface area contributed by atoms with E-state index >= 15 is 0 Å². The Balaban J connectivity index is 1.91. The predicted molar refractivity (Wildman–Crippen MR) is 130 cm³/mol. The lowest BCUT2D eigenvalue weighted by atomic mass is 9.99. The Morgan fingerprint density at radius 1 is 1.09 bits per heavy atom. The van der Waals surface area contributed by atoms with Crippen molar-refractivity contribution in [2.24, 2.45) is 0 Å². The zero-order valence-electron chi connectivity index (χ0n) is 19.8. The number of carbonyl (C=O) groups excluding carboxylic acids is 1. The molecule has 1 N–H and O–H groups in total. The van der Waals surface area contributed by atoms with Crippen LogP contribution in [0.25, 0.3) is 6.08 Å². The third-order valence-corrected chi connectivity index (χ3v) is 5.07. The van der Waals surface area contributed by atoms with E-state index in [1.54, 1.807) is 36.4 Å². The van der Waals surface area contributed by atoms with Gasteiger partial charge in [-0.2, -0.15) is 0 Å². The second-order valence-corrected chi connectivity index (χ2v) is 8.06. The van der Waals surface area contributed by atoms with Gasteiger partial charge in [0.2, 0.25) is 5.78 Å². The van der Waals surface area contributed by atoms with E-state index in [1.165, 1.54) is 7.11 Å². The summed E-state index contributed by atoms with van der Waals surface area (Å²) in [6.07, 6.45) is 6.97. The lowest BCUT2D eigenvalue weighted by Crippen LogP contribution is -2.28. The maximum absolute atomic E-state index is 13.1. The van der Waals surface area contributed by atoms with Crippen LogP contribution in [-0.4, -0.2) is 43.4 Å². The Bertz CT molecular complexity index is 1100. The van der Waals surface area contributed by atoms with E-state index in [0.717, 1.165) is 0 Å². The van der Waals surface area contributed by atoms with Crippen molar-refractivity contribution in [3.05, 3.63) is 72.3 Å². The maximum Gasteiger partial charge on any atom is 0.203 e. The predicted octanol–water partition coefficient (Wildman–Crippen LogP) is 4.76. The highest BCUT2D eigenvalue weighted by Gasteiger charge is 2.28. The first-order valence-electron chi connectivity index (χ1n) is 10.8. The summed E-state index contributed by atoms with van der Waals surface area (Å²) in [5, 5.41) is 10.00. The van der Waals surface area contributed by atoms with Crippen LogP contribution in [0, 0.1) is 0 Å². The molecule has 180 valence electrons. The second kappa shape index (κ2) is 10.9. The molecule has 0 saturated heterocycles. The van der Waals surface area contributed by atoms with Crippen LogP contribution in [-0.2, 0) is 6.61 Å². The highest BCUT2D eigenvalue weighted by Crippen LogP contribution is 2.44. The lowest BCUT2D eigenvalue weighted by molar-refractivity contribution is 0.0913. The number of aliphatic hydroxyl groups is 1. The summed E-state index contributed by atoms with van der Waals surface area (Å²) in [5.74, 6) is 1.88. The van der Waals surface area contributed by atoms with Gasteiger partial charge in [0.05, 0.1) is 30.4 Å². The van der Waals surface area contributed by atoms with Gasteiger partial charge in [-0.05, 0) is 38.1 Å². The highest BCUT2D eigenvalue weighted by molar-refractivity contribution is 6.00. The summed E-state index contributed by atoms with van der Waals surface area (Å²) in [6.45, 7) is 11.1. The molecule has 0 amide bonds. The molecule has 2 aromatic rings. The first kappa shape index (κ1) is 24.9. The van der Waals surface area contributed by atoms with Crippen LogP contribution in [0.2, 0.25) is 0 Å². The van der Waals surface area contributed by atoms with E-state index in [4.69, 9.17) is 23.7 Å². The third kappa shape index (κ3) is 5.61. The zero-order valence-corrected chi connectivity index (χ0v) is 19.8. The molecule has 0 aliphatic carbocycles. The lowest BCUT2D eigenvalue weighted by Gasteiger charge is -2.30. The number of methoxy groups -OCH3 is 1. The Labute approximate surface area is 199 Å². The minimum Gasteiger partial charge on any atom is -0.496 e. The molecule has 0 unspecified atom stereocenters. The molecule has 7 nitrogen and oxygen atoms in total. The number of hydrogen-bond donors (Lipinski definition) is 1. The number of aliphatic hydroxyl groups excluding tert-OH is 1. The van der Waals surface area contributed by atoms with Gasteiger partial charge in [-0.3, -0.25) is 4.79 Å². The fourth-order valence-electron chi connectivity index (χ4n) is 3.47. The quantitative estimate of drug-likeness (QED) is 0.357.